The van der Waals surface area contributed by atoms with E-state index in [1.54, 1.807) is 27.9 Å². The van der Waals surface area contributed by atoms with E-state index in [1.165, 1.54) is 20.9 Å². The van der Waals surface area contributed by atoms with Crippen molar-refractivity contribution in [2.75, 3.05) is 27.2 Å². The van der Waals surface area contributed by atoms with Gasteiger partial charge in [0.1, 0.15) is 11.9 Å². The zero-order valence-corrected chi connectivity index (χ0v) is 17.1. The lowest BCUT2D eigenvalue weighted by atomic mass is 10.1. The van der Waals surface area contributed by atoms with Gasteiger partial charge in [0, 0.05) is 27.1 Å². The zero-order chi connectivity index (χ0) is 20.5. The number of alkyl halides is 1. The van der Waals surface area contributed by atoms with E-state index in [1.807, 2.05) is 12.1 Å². The van der Waals surface area contributed by atoms with Gasteiger partial charge in [0.15, 0.2) is 5.60 Å². The van der Waals surface area contributed by atoms with E-state index in [2.05, 4.69) is 11.4 Å². The molecule has 0 bridgehead atoms. The van der Waals surface area contributed by atoms with Gasteiger partial charge in [-0.3, -0.25) is 4.79 Å². The minimum atomic E-state index is -1.12. The number of likely N-dealkylation sites (tertiary alicyclic amines) is 1. The second-order valence-corrected chi connectivity index (χ2v) is 8.42. The Bertz CT molecular complexity index is 750. The lowest BCUT2D eigenvalue weighted by molar-refractivity contribution is -0.146. The Hall–Kier alpha value is -2.31. The van der Waals surface area contributed by atoms with Crippen molar-refractivity contribution >= 4 is 11.9 Å². The number of nitrogens with one attached hydrogen (secondary N) is 1. The SMILES string of the molecule is CN(C)C(=O)NC[C@@H]1C[C@H](F)CN1C(=O)C(C)(C)Oc1ccc2c(c1)CCC2. The Labute approximate surface area is 166 Å². The van der Waals surface area contributed by atoms with Crippen molar-refractivity contribution in [2.45, 2.75) is 57.3 Å². The molecule has 1 N–H and O–H groups in total. The predicted molar refractivity (Wildman–Crippen MR) is 105 cm³/mol. The molecule has 6 nitrogen and oxygen atoms in total. The van der Waals surface area contributed by atoms with E-state index >= 15 is 0 Å². The quantitative estimate of drug-likeness (QED) is 0.839. The molecule has 7 heteroatoms. The van der Waals surface area contributed by atoms with Crippen LogP contribution in [-0.2, 0) is 17.6 Å². The summed E-state index contributed by atoms with van der Waals surface area (Å²) in [6.07, 6.45) is 2.39. The minimum Gasteiger partial charge on any atom is -0.478 e. The van der Waals surface area contributed by atoms with Crippen LogP contribution in [0.5, 0.6) is 5.75 Å². The first kappa shape index (κ1) is 20.4. The fraction of sp³-hybridized carbons (Fsp3) is 0.619. The predicted octanol–water partition coefficient (Wildman–Crippen LogP) is 2.54. The van der Waals surface area contributed by atoms with Crippen LogP contribution in [0.4, 0.5) is 9.18 Å². The van der Waals surface area contributed by atoms with Gasteiger partial charge in [-0.25, -0.2) is 9.18 Å². The maximum Gasteiger partial charge on any atom is 0.316 e. The van der Waals surface area contributed by atoms with Crippen LogP contribution in [0.2, 0.25) is 0 Å². The van der Waals surface area contributed by atoms with Crippen LogP contribution in [0.15, 0.2) is 18.2 Å². The molecule has 0 aromatic heterocycles. The molecule has 0 unspecified atom stereocenters. The van der Waals surface area contributed by atoms with Crippen LogP contribution in [-0.4, -0.2) is 66.7 Å². The van der Waals surface area contributed by atoms with Gasteiger partial charge in [-0.1, -0.05) is 6.07 Å². The van der Waals surface area contributed by atoms with E-state index in [9.17, 15) is 14.0 Å². The summed E-state index contributed by atoms with van der Waals surface area (Å²) in [6.45, 7) is 3.67. The molecule has 2 aliphatic rings. The van der Waals surface area contributed by atoms with Crippen LogP contribution < -0.4 is 10.1 Å². The van der Waals surface area contributed by atoms with Crippen LogP contribution in [0.25, 0.3) is 0 Å². The average Bonchev–Trinajstić information content (AvgIpc) is 3.24. The molecular formula is C21H30FN3O3. The third kappa shape index (κ3) is 4.39. The third-order valence-electron chi connectivity index (χ3n) is 5.48. The number of carbonyl (C=O) groups is 2. The topological polar surface area (TPSA) is 61.9 Å². The van der Waals surface area contributed by atoms with Gasteiger partial charge in [-0.2, -0.15) is 0 Å². The first-order valence-electron chi connectivity index (χ1n) is 9.88. The molecule has 154 valence electrons. The smallest absolute Gasteiger partial charge is 0.316 e. The van der Waals surface area contributed by atoms with Crippen molar-refractivity contribution < 1.29 is 18.7 Å². The molecule has 1 saturated heterocycles. The molecule has 1 aliphatic heterocycles. The minimum absolute atomic E-state index is 0.0261. The number of ether oxygens (including phenoxy) is 1. The molecule has 0 radical (unpaired) electrons. The van der Waals surface area contributed by atoms with Crippen LogP contribution in [0.1, 0.15) is 37.8 Å². The lowest BCUT2D eigenvalue weighted by Gasteiger charge is -2.33. The van der Waals surface area contributed by atoms with Crippen LogP contribution >= 0.6 is 0 Å². The summed E-state index contributed by atoms with van der Waals surface area (Å²) in [5.74, 6) is 0.393. The fourth-order valence-corrected chi connectivity index (χ4v) is 3.96. The summed E-state index contributed by atoms with van der Waals surface area (Å²) >= 11 is 0. The summed E-state index contributed by atoms with van der Waals surface area (Å²) in [6, 6.07) is 5.33. The average molecular weight is 391 g/mol. The zero-order valence-electron chi connectivity index (χ0n) is 17.1. The number of nitrogens with zero attached hydrogens (tertiary/aromatic N) is 2. The number of amides is 3. The van der Waals surface area contributed by atoms with Crippen molar-refractivity contribution in [2.24, 2.45) is 0 Å². The number of rotatable bonds is 5. The van der Waals surface area contributed by atoms with Gasteiger partial charge in [0.2, 0.25) is 0 Å². The highest BCUT2D eigenvalue weighted by molar-refractivity contribution is 5.85. The number of hydrogen-bond donors (Lipinski definition) is 1. The summed E-state index contributed by atoms with van der Waals surface area (Å²) in [5, 5.41) is 2.74. The molecule has 1 aromatic rings. The van der Waals surface area contributed by atoms with Gasteiger partial charge in [-0.05, 0) is 56.4 Å². The van der Waals surface area contributed by atoms with Crippen molar-refractivity contribution in [3.63, 3.8) is 0 Å². The highest BCUT2D eigenvalue weighted by Crippen LogP contribution is 2.30. The van der Waals surface area contributed by atoms with Gasteiger partial charge in [-0.15, -0.1) is 0 Å². The van der Waals surface area contributed by atoms with E-state index < -0.39 is 11.8 Å². The second kappa shape index (κ2) is 7.97. The summed E-state index contributed by atoms with van der Waals surface area (Å²) in [4.78, 5) is 27.9. The summed E-state index contributed by atoms with van der Waals surface area (Å²) in [7, 11) is 3.27. The monoisotopic (exact) mass is 391 g/mol. The molecule has 3 amide bonds. The standard InChI is InChI=1S/C21H30FN3O3/c1-21(2,28-18-9-8-14-6-5-7-15(14)10-18)19(26)25-13-16(22)11-17(25)12-23-20(27)24(3)4/h8-10,16-17H,5-7,11-13H2,1-4H3,(H,23,27)/t16-,17-/m0/s1. The Balaban J connectivity index is 1.68. The van der Waals surface area contributed by atoms with E-state index in [-0.39, 0.29) is 37.5 Å². The lowest BCUT2D eigenvalue weighted by Crippen LogP contribution is -2.53. The molecule has 1 heterocycles. The van der Waals surface area contributed by atoms with Crippen LogP contribution in [0, 0.1) is 0 Å². The molecule has 1 aromatic carbocycles. The summed E-state index contributed by atoms with van der Waals surface area (Å²) in [5.41, 5.74) is 1.49. The fourth-order valence-electron chi connectivity index (χ4n) is 3.96. The van der Waals surface area contributed by atoms with Crippen molar-refractivity contribution in [1.82, 2.24) is 15.1 Å². The van der Waals surface area contributed by atoms with Gasteiger partial charge in [0.05, 0.1) is 12.6 Å². The molecule has 3 rings (SSSR count). The van der Waals surface area contributed by atoms with E-state index in [0.717, 1.165) is 19.3 Å². The van der Waals surface area contributed by atoms with Crippen molar-refractivity contribution in [3.05, 3.63) is 29.3 Å². The molecule has 0 saturated carbocycles. The van der Waals surface area contributed by atoms with E-state index in [4.69, 9.17) is 4.74 Å². The molecule has 28 heavy (non-hydrogen) atoms. The number of fused-ring (bicyclic) bond motifs is 1. The highest BCUT2D eigenvalue weighted by atomic mass is 19.1. The van der Waals surface area contributed by atoms with Gasteiger partial charge >= 0.3 is 6.03 Å². The second-order valence-electron chi connectivity index (χ2n) is 8.42. The number of hydrogen-bond acceptors (Lipinski definition) is 3. The van der Waals surface area contributed by atoms with Crippen molar-refractivity contribution in [1.29, 1.82) is 0 Å². The molecule has 1 aliphatic carbocycles. The molecule has 2 atom stereocenters. The van der Waals surface area contributed by atoms with E-state index in [0.29, 0.717) is 5.75 Å². The van der Waals surface area contributed by atoms with Crippen molar-refractivity contribution in [3.8, 4) is 5.75 Å². The van der Waals surface area contributed by atoms with Gasteiger partial charge < -0.3 is 19.9 Å². The largest absolute Gasteiger partial charge is 0.478 e. The third-order valence-corrected chi connectivity index (χ3v) is 5.48. The number of benzene rings is 1. The molecule has 0 spiro atoms. The first-order valence-corrected chi connectivity index (χ1v) is 9.88. The molecular weight excluding hydrogens is 361 g/mol. The maximum atomic E-state index is 14.1. The Morgan fingerprint density at radius 1 is 1.29 bits per heavy atom. The Morgan fingerprint density at radius 3 is 2.71 bits per heavy atom. The normalized spacial score (nSPS) is 21.4. The highest BCUT2D eigenvalue weighted by Gasteiger charge is 2.43. The Morgan fingerprint density at radius 2 is 2.00 bits per heavy atom. The molecule has 1 fully saturated rings. The number of halogens is 1. The maximum absolute atomic E-state index is 14.1. The van der Waals surface area contributed by atoms with Crippen LogP contribution in [0.3, 0.4) is 0 Å². The number of aryl methyl sites for hydroxylation is 2. The summed E-state index contributed by atoms with van der Waals surface area (Å²) < 4.78 is 20.1. The number of urea groups is 1. The first-order chi connectivity index (χ1) is 13.2. The Kier molecular flexibility index (Phi) is 5.82. The van der Waals surface area contributed by atoms with Gasteiger partial charge in [0.25, 0.3) is 5.91 Å². The number of carbonyl (C=O) groups excluding carboxylic acids is 2.